The number of rotatable bonds is 7. The highest BCUT2D eigenvalue weighted by atomic mass is 16.4. The molecule has 4 aromatic heterocycles. The van der Waals surface area contributed by atoms with Gasteiger partial charge in [0.1, 0.15) is 17.0 Å². The van der Waals surface area contributed by atoms with Gasteiger partial charge in [-0.2, -0.15) is 5.21 Å². The Bertz CT molecular complexity index is 1470. The van der Waals surface area contributed by atoms with Gasteiger partial charge >= 0.3 is 5.97 Å². The molecule has 0 atom stereocenters. The number of tetrazole rings is 1. The largest absolute Gasteiger partial charge is 0.477 e. The zero-order valence-electron chi connectivity index (χ0n) is 18.7. The first-order valence-corrected chi connectivity index (χ1v) is 10.9. The number of aryl methyl sites for hydroxylation is 2. The summed E-state index contributed by atoms with van der Waals surface area (Å²) in [4.78, 5) is 25.2. The Labute approximate surface area is 194 Å². The maximum atomic E-state index is 11.6. The molecule has 0 saturated heterocycles. The van der Waals surface area contributed by atoms with E-state index in [-0.39, 0.29) is 5.69 Å². The first-order chi connectivity index (χ1) is 16.5. The molecule has 5 rings (SSSR count). The molecule has 5 aromatic rings. The van der Waals surface area contributed by atoms with Crippen molar-refractivity contribution >= 4 is 17.1 Å². The number of hydrogen-bond acceptors (Lipinski definition) is 7. The van der Waals surface area contributed by atoms with Crippen LogP contribution in [0, 0.1) is 6.92 Å². The van der Waals surface area contributed by atoms with Crippen LogP contribution in [0.5, 0.6) is 0 Å². The van der Waals surface area contributed by atoms with E-state index in [4.69, 9.17) is 4.98 Å². The fourth-order valence-electron chi connectivity index (χ4n) is 4.03. The van der Waals surface area contributed by atoms with Gasteiger partial charge in [0.05, 0.1) is 6.54 Å². The lowest BCUT2D eigenvalue weighted by molar-refractivity contribution is 0.0690. The second-order valence-electron chi connectivity index (χ2n) is 8.00. The van der Waals surface area contributed by atoms with E-state index in [1.54, 1.807) is 12.3 Å². The van der Waals surface area contributed by atoms with Crippen molar-refractivity contribution in [3.8, 4) is 22.6 Å². The summed E-state index contributed by atoms with van der Waals surface area (Å²) in [5.41, 5.74) is 5.74. The van der Waals surface area contributed by atoms with Crippen LogP contribution in [0.1, 0.15) is 40.8 Å². The Morgan fingerprint density at radius 1 is 1.15 bits per heavy atom. The summed E-state index contributed by atoms with van der Waals surface area (Å²) in [6.45, 7) is 4.50. The van der Waals surface area contributed by atoms with E-state index in [0.717, 1.165) is 46.4 Å². The minimum atomic E-state index is -1.05. The molecule has 0 aliphatic rings. The van der Waals surface area contributed by atoms with Crippen molar-refractivity contribution < 1.29 is 9.90 Å². The van der Waals surface area contributed by atoms with Gasteiger partial charge in [-0.1, -0.05) is 37.3 Å². The van der Waals surface area contributed by atoms with E-state index in [0.29, 0.717) is 23.7 Å². The number of nitrogens with one attached hydrogen (secondary N) is 1. The van der Waals surface area contributed by atoms with Gasteiger partial charge in [0, 0.05) is 18.2 Å². The predicted molar refractivity (Wildman–Crippen MR) is 125 cm³/mol. The maximum Gasteiger partial charge on any atom is 0.354 e. The Balaban J connectivity index is 1.52. The SMILES string of the molecule is CCCc1nc2c(C)cc(C(=O)O)nc2n1Cc1ccc(-c2cccnc2-c2nn[nH]n2)cc1. The highest BCUT2D eigenvalue weighted by Gasteiger charge is 2.18. The summed E-state index contributed by atoms with van der Waals surface area (Å²) >= 11 is 0. The molecule has 0 aliphatic heterocycles. The fourth-order valence-corrected chi connectivity index (χ4v) is 4.03. The number of aromatic amines is 1. The van der Waals surface area contributed by atoms with E-state index in [9.17, 15) is 9.90 Å². The highest BCUT2D eigenvalue weighted by molar-refractivity contribution is 5.89. The molecular formula is C24H22N8O2. The van der Waals surface area contributed by atoms with E-state index < -0.39 is 5.97 Å². The monoisotopic (exact) mass is 454 g/mol. The van der Waals surface area contributed by atoms with Crippen molar-refractivity contribution in [1.29, 1.82) is 0 Å². The standard InChI is InChI=1S/C24H22N8O2/c1-3-5-19-27-20-14(2)12-18(24(33)34)26-23(20)32(19)13-15-7-9-16(10-8-15)17-6-4-11-25-21(17)22-28-30-31-29-22/h4,6-12H,3,5,13H2,1-2H3,(H,33,34)(H,28,29,30,31). The minimum Gasteiger partial charge on any atom is -0.477 e. The third-order valence-corrected chi connectivity index (χ3v) is 5.64. The van der Waals surface area contributed by atoms with Crippen LogP contribution in [0.25, 0.3) is 33.8 Å². The summed E-state index contributed by atoms with van der Waals surface area (Å²) in [6.07, 6.45) is 3.40. The lowest BCUT2D eigenvalue weighted by Crippen LogP contribution is -2.08. The number of imidazole rings is 1. The van der Waals surface area contributed by atoms with Gasteiger partial charge in [0.15, 0.2) is 11.3 Å². The van der Waals surface area contributed by atoms with Crippen molar-refractivity contribution in [3.05, 3.63) is 71.3 Å². The van der Waals surface area contributed by atoms with Gasteiger partial charge in [0.2, 0.25) is 5.82 Å². The number of nitrogens with zero attached hydrogens (tertiary/aromatic N) is 7. The average molecular weight is 454 g/mol. The Kier molecular flexibility index (Phi) is 5.54. The van der Waals surface area contributed by atoms with Gasteiger partial charge in [0.25, 0.3) is 0 Å². The topological polar surface area (TPSA) is 135 Å². The summed E-state index contributed by atoms with van der Waals surface area (Å²) in [5.74, 6) is 0.281. The van der Waals surface area contributed by atoms with E-state index in [1.165, 1.54) is 0 Å². The molecule has 0 unspecified atom stereocenters. The summed E-state index contributed by atoms with van der Waals surface area (Å²) in [7, 11) is 0. The van der Waals surface area contributed by atoms with Gasteiger partial charge < -0.3 is 9.67 Å². The third-order valence-electron chi connectivity index (χ3n) is 5.64. The zero-order chi connectivity index (χ0) is 23.7. The van der Waals surface area contributed by atoms with Crippen LogP contribution in [0.15, 0.2) is 48.7 Å². The molecule has 2 N–H and O–H groups in total. The van der Waals surface area contributed by atoms with Crippen LogP contribution in [0.2, 0.25) is 0 Å². The number of fused-ring (bicyclic) bond motifs is 1. The van der Waals surface area contributed by atoms with Crippen molar-refractivity contribution in [1.82, 2.24) is 40.1 Å². The van der Waals surface area contributed by atoms with Crippen molar-refractivity contribution in [3.63, 3.8) is 0 Å². The van der Waals surface area contributed by atoms with Gasteiger partial charge in [-0.15, -0.1) is 10.2 Å². The van der Waals surface area contributed by atoms with E-state index in [2.05, 4.69) is 37.5 Å². The molecular weight excluding hydrogens is 432 g/mol. The Morgan fingerprint density at radius 2 is 1.97 bits per heavy atom. The fraction of sp³-hybridized carbons (Fsp3) is 0.208. The number of aromatic carboxylic acids is 1. The predicted octanol–water partition coefficient (Wildman–Crippen LogP) is 3.68. The first kappa shape index (κ1) is 21.4. The number of pyridine rings is 2. The van der Waals surface area contributed by atoms with Gasteiger partial charge in [-0.25, -0.2) is 14.8 Å². The maximum absolute atomic E-state index is 11.6. The molecule has 10 nitrogen and oxygen atoms in total. The molecule has 0 radical (unpaired) electrons. The molecule has 10 heteroatoms. The number of aromatic nitrogens is 8. The molecule has 4 heterocycles. The van der Waals surface area contributed by atoms with Crippen molar-refractivity contribution in [2.45, 2.75) is 33.2 Å². The molecule has 34 heavy (non-hydrogen) atoms. The molecule has 1 aromatic carbocycles. The minimum absolute atomic E-state index is 0.0233. The van der Waals surface area contributed by atoms with Crippen LogP contribution >= 0.6 is 0 Å². The molecule has 0 fully saturated rings. The second kappa shape index (κ2) is 8.81. The molecule has 0 saturated carbocycles. The zero-order valence-corrected chi connectivity index (χ0v) is 18.7. The van der Waals surface area contributed by atoms with Gasteiger partial charge in [-0.3, -0.25) is 4.98 Å². The number of carbonyl (C=O) groups is 1. The van der Waals surface area contributed by atoms with Crippen LogP contribution in [0.4, 0.5) is 0 Å². The van der Waals surface area contributed by atoms with Crippen molar-refractivity contribution in [2.75, 3.05) is 0 Å². The lowest BCUT2D eigenvalue weighted by atomic mass is 10.0. The van der Waals surface area contributed by atoms with Crippen LogP contribution < -0.4 is 0 Å². The average Bonchev–Trinajstić information content (AvgIpc) is 3.49. The third kappa shape index (κ3) is 3.90. The smallest absolute Gasteiger partial charge is 0.354 e. The van der Waals surface area contributed by atoms with Crippen LogP contribution in [0.3, 0.4) is 0 Å². The summed E-state index contributed by atoms with van der Waals surface area (Å²) < 4.78 is 2.02. The van der Waals surface area contributed by atoms with E-state index in [1.807, 2.05) is 47.9 Å². The van der Waals surface area contributed by atoms with Crippen molar-refractivity contribution in [2.24, 2.45) is 0 Å². The number of benzene rings is 1. The lowest BCUT2D eigenvalue weighted by Gasteiger charge is -2.11. The molecule has 170 valence electrons. The van der Waals surface area contributed by atoms with Crippen LogP contribution in [-0.2, 0) is 13.0 Å². The summed E-state index contributed by atoms with van der Waals surface area (Å²) in [5, 5.41) is 23.7. The summed E-state index contributed by atoms with van der Waals surface area (Å²) in [6, 6.07) is 13.5. The first-order valence-electron chi connectivity index (χ1n) is 10.9. The Hall–Kier alpha value is -4.47. The molecule has 0 bridgehead atoms. The quantitative estimate of drug-likeness (QED) is 0.380. The normalized spacial score (nSPS) is 11.2. The number of carboxylic acids is 1. The van der Waals surface area contributed by atoms with Gasteiger partial charge in [-0.05, 0) is 47.4 Å². The number of carboxylic acid groups (broad SMARTS) is 1. The Morgan fingerprint density at radius 3 is 2.68 bits per heavy atom. The van der Waals surface area contributed by atoms with Crippen LogP contribution in [-0.4, -0.2) is 51.2 Å². The molecule has 0 spiro atoms. The van der Waals surface area contributed by atoms with E-state index >= 15 is 0 Å². The second-order valence-corrected chi connectivity index (χ2v) is 8.00. The molecule has 0 amide bonds. The number of H-pyrrole nitrogens is 1. The number of hydrogen-bond donors (Lipinski definition) is 2. The molecule has 0 aliphatic carbocycles. The highest BCUT2D eigenvalue weighted by Crippen LogP contribution is 2.28.